The Morgan fingerprint density at radius 2 is 1.75 bits per heavy atom. The average molecular weight is 223 g/mol. The molecule has 1 heterocycles. The van der Waals surface area contributed by atoms with E-state index in [0.717, 1.165) is 12.2 Å². The van der Waals surface area contributed by atoms with E-state index in [1.807, 2.05) is 11.7 Å². The van der Waals surface area contributed by atoms with E-state index in [2.05, 4.69) is 25.9 Å². The fourth-order valence-electron chi connectivity index (χ4n) is 2.41. The highest BCUT2D eigenvalue weighted by molar-refractivity contribution is 5.44. The van der Waals surface area contributed by atoms with Crippen LogP contribution in [-0.4, -0.2) is 9.78 Å². The monoisotopic (exact) mass is 223 g/mol. The minimum absolute atomic E-state index is 0.591. The van der Waals surface area contributed by atoms with Crippen molar-refractivity contribution >= 4 is 5.82 Å². The molecule has 0 saturated carbocycles. The molecule has 0 amide bonds. The van der Waals surface area contributed by atoms with Crippen molar-refractivity contribution in [2.24, 2.45) is 7.05 Å². The Hall–Kier alpha value is -0.990. The van der Waals surface area contributed by atoms with Gasteiger partial charge in [-0.25, -0.2) is 0 Å². The summed E-state index contributed by atoms with van der Waals surface area (Å²) in [6.07, 6.45) is 5.85. The second-order valence-electron chi connectivity index (χ2n) is 4.50. The van der Waals surface area contributed by atoms with Gasteiger partial charge < -0.3 is 5.73 Å². The van der Waals surface area contributed by atoms with Crippen LogP contribution in [0.15, 0.2) is 0 Å². The van der Waals surface area contributed by atoms with Gasteiger partial charge in [0.15, 0.2) is 0 Å². The van der Waals surface area contributed by atoms with Gasteiger partial charge in [0, 0.05) is 18.5 Å². The maximum atomic E-state index is 6.04. The van der Waals surface area contributed by atoms with Crippen LogP contribution in [0.25, 0.3) is 0 Å². The predicted octanol–water partition coefficient (Wildman–Crippen LogP) is 3.25. The molecule has 0 atom stereocenters. The molecule has 0 unspecified atom stereocenters. The third-order valence-corrected chi connectivity index (χ3v) is 3.24. The van der Waals surface area contributed by atoms with Crippen molar-refractivity contribution in [3.8, 4) is 0 Å². The van der Waals surface area contributed by atoms with Gasteiger partial charge in [-0.05, 0) is 19.3 Å². The highest BCUT2D eigenvalue weighted by atomic mass is 15.3. The fourth-order valence-corrected chi connectivity index (χ4v) is 2.41. The van der Waals surface area contributed by atoms with Crippen LogP contribution in [0.3, 0.4) is 0 Å². The van der Waals surface area contributed by atoms with Crippen molar-refractivity contribution in [3.63, 3.8) is 0 Å². The van der Waals surface area contributed by atoms with E-state index in [1.54, 1.807) is 0 Å². The molecule has 0 fully saturated rings. The molecule has 0 radical (unpaired) electrons. The van der Waals surface area contributed by atoms with Crippen molar-refractivity contribution in [2.45, 2.75) is 58.8 Å². The third-order valence-electron chi connectivity index (χ3n) is 3.24. The SMILES string of the molecule is CCCC(CCC)c1nn(C)c(N)c1CC. The van der Waals surface area contributed by atoms with Gasteiger partial charge in [-0.15, -0.1) is 0 Å². The number of nitrogens with zero attached hydrogens (tertiary/aromatic N) is 2. The molecule has 0 aliphatic carbocycles. The summed E-state index contributed by atoms with van der Waals surface area (Å²) in [6.45, 7) is 6.63. The molecule has 1 aromatic rings. The maximum absolute atomic E-state index is 6.04. The molecule has 0 aromatic carbocycles. The van der Waals surface area contributed by atoms with Crippen LogP contribution >= 0.6 is 0 Å². The van der Waals surface area contributed by atoms with Crippen LogP contribution in [0.2, 0.25) is 0 Å². The fraction of sp³-hybridized carbons (Fsp3) is 0.769. The zero-order chi connectivity index (χ0) is 12.1. The van der Waals surface area contributed by atoms with Crippen molar-refractivity contribution in [3.05, 3.63) is 11.3 Å². The summed E-state index contributed by atoms with van der Waals surface area (Å²) in [7, 11) is 1.94. The quantitative estimate of drug-likeness (QED) is 0.804. The number of anilines is 1. The molecule has 0 spiro atoms. The number of rotatable bonds is 6. The van der Waals surface area contributed by atoms with Crippen molar-refractivity contribution in [2.75, 3.05) is 5.73 Å². The van der Waals surface area contributed by atoms with Gasteiger partial charge in [0.2, 0.25) is 0 Å². The lowest BCUT2D eigenvalue weighted by Crippen LogP contribution is -2.03. The highest BCUT2D eigenvalue weighted by Gasteiger charge is 2.19. The first-order chi connectivity index (χ1) is 7.65. The Morgan fingerprint density at radius 3 is 2.19 bits per heavy atom. The second kappa shape index (κ2) is 5.92. The van der Waals surface area contributed by atoms with Crippen LogP contribution in [0.5, 0.6) is 0 Å². The minimum Gasteiger partial charge on any atom is -0.384 e. The molecule has 0 aliphatic heterocycles. The summed E-state index contributed by atoms with van der Waals surface area (Å²) >= 11 is 0. The Labute approximate surface area is 99.0 Å². The molecule has 2 N–H and O–H groups in total. The molecule has 1 rings (SSSR count). The number of aromatic nitrogens is 2. The standard InChI is InChI=1S/C13H25N3/c1-5-8-10(9-6-2)12-11(7-3)13(14)16(4)15-12/h10H,5-9,14H2,1-4H3. The molecule has 0 bridgehead atoms. The van der Waals surface area contributed by atoms with E-state index in [1.165, 1.54) is 36.9 Å². The molecule has 1 aromatic heterocycles. The molecular weight excluding hydrogens is 198 g/mol. The Kier molecular flexibility index (Phi) is 4.84. The number of nitrogen functional groups attached to an aromatic ring is 1. The van der Waals surface area contributed by atoms with Gasteiger partial charge in [0.25, 0.3) is 0 Å². The van der Waals surface area contributed by atoms with Gasteiger partial charge in [0.1, 0.15) is 5.82 Å². The van der Waals surface area contributed by atoms with E-state index >= 15 is 0 Å². The average Bonchev–Trinajstić information content (AvgIpc) is 2.55. The number of hydrogen-bond acceptors (Lipinski definition) is 2. The number of hydrogen-bond donors (Lipinski definition) is 1. The van der Waals surface area contributed by atoms with E-state index in [9.17, 15) is 0 Å². The molecule has 16 heavy (non-hydrogen) atoms. The smallest absolute Gasteiger partial charge is 0.124 e. The van der Waals surface area contributed by atoms with Gasteiger partial charge in [0.05, 0.1) is 5.69 Å². The molecule has 0 aliphatic rings. The number of aryl methyl sites for hydroxylation is 1. The Morgan fingerprint density at radius 1 is 1.19 bits per heavy atom. The normalized spacial score (nSPS) is 11.3. The molecule has 92 valence electrons. The van der Waals surface area contributed by atoms with E-state index in [-0.39, 0.29) is 0 Å². The Bertz CT molecular complexity index is 322. The molecule has 3 heteroatoms. The summed E-state index contributed by atoms with van der Waals surface area (Å²) in [5, 5.41) is 4.61. The molecule has 3 nitrogen and oxygen atoms in total. The highest BCUT2D eigenvalue weighted by Crippen LogP contribution is 2.30. The zero-order valence-electron chi connectivity index (χ0n) is 11.1. The van der Waals surface area contributed by atoms with Crippen LogP contribution in [-0.2, 0) is 13.5 Å². The molecule has 0 saturated heterocycles. The van der Waals surface area contributed by atoms with Crippen molar-refractivity contribution in [1.29, 1.82) is 0 Å². The third kappa shape index (κ3) is 2.57. The lowest BCUT2D eigenvalue weighted by molar-refractivity contribution is 0.536. The van der Waals surface area contributed by atoms with Crippen LogP contribution in [0.4, 0.5) is 5.82 Å². The summed E-state index contributed by atoms with van der Waals surface area (Å²) in [4.78, 5) is 0. The summed E-state index contributed by atoms with van der Waals surface area (Å²) in [5.74, 6) is 1.43. The maximum Gasteiger partial charge on any atom is 0.124 e. The first-order valence-corrected chi connectivity index (χ1v) is 6.46. The minimum atomic E-state index is 0.591. The van der Waals surface area contributed by atoms with Gasteiger partial charge in [-0.3, -0.25) is 4.68 Å². The number of nitrogens with two attached hydrogens (primary N) is 1. The van der Waals surface area contributed by atoms with Crippen LogP contribution < -0.4 is 5.73 Å². The predicted molar refractivity (Wildman–Crippen MR) is 69.6 cm³/mol. The van der Waals surface area contributed by atoms with Gasteiger partial charge >= 0.3 is 0 Å². The van der Waals surface area contributed by atoms with Crippen molar-refractivity contribution < 1.29 is 0 Å². The second-order valence-corrected chi connectivity index (χ2v) is 4.50. The first kappa shape index (κ1) is 13.1. The van der Waals surface area contributed by atoms with Crippen molar-refractivity contribution in [1.82, 2.24) is 9.78 Å². The van der Waals surface area contributed by atoms with E-state index < -0.39 is 0 Å². The Balaban J connectivity index is 3.02. The van der Waals surface area contributed by atoms with E-state index in [4.69, 9.17) is 5.73 Å². The molecular formula is C13H25N3. The summed E-state index contributed by atoms with van der Waals surface area (Å²) in [5.41, 5.74) is 8.55. The first-order valence-electron chi connectivity index (χ1n) is 6.46. The van der Waals surface area contributed by atoms with Gasteiger partial charge in [-0.2, -0.15) is 5.10 Å². The largest absolute Gasteiger partial charge is 0.384 e. The zero-order valence-corrected chi connectivity index (χ0v) is 11.1. The lowest BCUT2D eigenvalue weighted by atomic mass is 9.91. The summed E-state index contributed by atoms with van der Waals surface area (Å²) in [6, 6.07) is 0. The lowest BCUT2D eigenvalue weighted by Gasteiger charge is -2.14. The van der Waals surface area contributed by atoms with Crippen LogP contribution in [0, 0.1) is 0 Å². The summed E-state index contributed by atoms with van der Waals surface area (Å²) < 4.78 is 1.83. The van der Waals surface area contributed by atoms with Gasteiger partial charge in [-0.1, -0.05) is 33.6 Å². The topological polar surface area (TPSA) is 43.8 Å². The van der Waals surface area contributed by atoms with E-state index in [0.29, 0.717) is 5.92 Å². The van der Waals surface area contributed by atoms with Crippen LogP contribution in [0.1, 0.15) is 63.6 Å².